The average Bonchev–Trinajstić information content (AvgIpc) is 2.33. The second kappa shape index (κ2) is 1.55. The summed E-state index contributed by atoms with van der Waals surface area (Å²) in [5, 5.41) is 0. The van der Waals surface area contributed by atoms with Gasteiger partial charge in [-0.15, -0.1) is 0 Å². The van der Waals surface area contributed by atoms with E-state index < -0.39 is 0 Å². The van der Waals surface area contributed by atoms with Gasteiger partial charge in [0.15, 0.2) is 0 Å². The molecule has 0 aromatic carbocycles. The molecule has 0 spiro atoms. The van der Waals surface area contributed by atoms with Gasteiger partial charge in [0, 0.05) is 12.3 Å². The Bertz CT molecular complexity index is 282. The molecule has 0 aliphatic heterocycles. The van der Waals surface area contributed by atoms with Crippen molar-refractivity contribution in [2.45, 2.75) is 0 Å². The first-order chi connectivity index (χ1) is 4.47. The Balaban J connectivity index is 2.95. The predicted octanol–water partition coefficient (Wildman–Crippen LogP) is 0.529. The topological polar surface area (TPSA) is 30.2 Å². The summed E-state index contributed by atoms with van der Waals surface area (Å²) in [6.45, 7) is 0. The molecule has 0 unspecified atom stereocenters. The maximum Gasteiger partial charge on any atom is 0.140 e. The lowest BCUT2D eigenvalue weighted by Gasteiger charge is -1.86. The van der Waals surface area contributed by atoms with Crippen molar-refractivity contribution in [2.24, 2.45) is 0 Å². The van der Waals surface area contributed by atoms with Crippen LogP contribution in [-0.2, 0) is 0 Å². The van der Waals surface area contributed by atoms with Crippen molar-refractivity contribution >= 4 is 5.65 Å². The largest absolute Gasteiger partial charge is 0.291 e. The fraction of sp³-hybridized carbons (Fsp3) is 0. The zero-order valence-electron chi connectivity index (χ0n) is 4.65. The average molecular weight is 118 g/mol. The van der Waals surface area contributed by atoms with Gasteiger partial charge < -0.3 is 0 Å². The summed E-state index contributed by atoms with van der Waals surface area (Å²) in [5.41, 5.74) is 0.880. The lowest BCUT2D eigenvalue weighted by molar-refractivity contribution is 1.02. The minimum Gasteiger partial charge on any atom is -0.291 e. The van der Waals surface area contributed by atoms with Crippen LogP contribution < -0.4 is 0 Å². The fourth-order valence-corrected chi connectivity index (χ4v) is 0.723. The van der Waals surface area contributed by atoms with Crippen LogP contribution in [0.25, 0.3) is 5.65 Å². The molecular weight excluding hydrogens is 114 g/mol. The molecule has 0 bridgehead atoms. The van der Waals surface area contributed by atoms with Crippen molar-refractivity contribution in [3.8, 4) is 0 Å². The molecule has 0 atom stereocenters. The maximum atomic E-state index is 3.96. The van der Waals surface area contributed by atoms with Gasteiger partial charge in [-0.3, -0.25) is 4.40 Å². The van der Waals surface area contributed by atoms with Gasteiger partial charge in [-0.1, -0.05) is 0 Å². The summed E-state index contributed by atoms with van der Waals surface area (Å²) in [4.78, 5) is 7.78. The molecule has 3 nitrogen and oxygen atoms in total. The second-order valence-electron chi connectivity index (χ2n) is 1.71. The number of rotatable bonds is 0. The molecule has 43 valence electrons. The number of fused-ring (bicyclic) bond motifs is 1. The Morgan fingerprint density at radius 2 is 2.56 bits per heavy atom. The minimum atomic E-state index is 0.880. The molecule has 2 aromatic heterocycles. The minimum absolute atomic E-state index is 0.880. The van der Waals surface area contributed by atoms with Crippen molar-refractivity contribution in [3.05, 3.63) is 31.0 Å². The van der Waals surface area contributed by atoms with Gasteiger partial charge in [0.1, 0.15) is 18.3 Å². The molecular formula is C6H4N3. The van der Waals surface area contributed by atoms with Crippen LogP contribution in [-0.4, -0.2) is 14.4 Å². The summed E-state index contributed by atoms with van der Waals surface area (Å²) in [6, 6.07) is 4.71. The number of hydrogen-bond acceptors (Lipinski definition) is 2. The predicted molar refractivity (Wildman–Crippen MR) is 31.8 cm³/mol. The van der Waals surface area contributed by atoms with Crippen molar-refractivity contribution in [1.29, 1.82) is 0 Å². The van der Waals surface area contributed by atoms with E-state index in [9.17, 15) is 0 Å². The molecule has 0 N–H and O–H groups in total. The van der Waals surface area contributed by atoms with E-state index in [1.54, 1.807) is 16.9 Å². The molecule has 0 saturated heterocycles. The molecule has 0 aliphatic carbocycles. The Hall–Kier alpha value is -1.38. The van der Waals surface area contributed by atoms with Crippen LogP contribution in [0.5, 0.6) is 0 Å². The maximum absolute atomic E-state index is 3.96. The summed E-state index contributed by atoms with van der Waals surface area (Å²) in [5.74, 6) is 0. The third-order valence-corrected chi connectivity index (χ3v) is 1.14. The van der Waals surface area contributed by atoms with Crippen LogP contribution >= 0.6 is 0 Å². The van der Waals surface area contributed by atoms with Crippen LogP contribution in [0.1, 0.15) is 0 Å². The molecule has 9 heavy (non-hydrogen) atoms. The summed E-state index contributed by atoms with van der Waals surface area (Å²) in [7, 11) is 0. The van der Waals surface area contributed by atoms with Crippen LogP contribution in [0.4, 0.5) is 0 Å². The molecule has 2 aromatic rings. The molecule has 0 fully saturated rings. The van der Waals surface area contributed by atoms with E-state index >= 15 is 0 Å². The highest BCUT2D eigenvalue weighted by Crippen LogP contribution is 1.94. The number of aromatic nitrogens is 3. The van der Waals surface area contributed by atoms with Crippen molar-refractivity contribution in [1.82, 2.24) is 14.4 Å². The lowest BCUT2D eigenvalue weighted by atomic mass is 10.6. The fourth-order valence-electron chi connectivity index (χ4n) is 0.723. The van der Waals surface area contributed by atoms with Crippen molar-refractivity contribution in [3.63, 3.8) is 0 Å². The van der Waals surface area contributed by atoms with Gasteiger partial charge in [-0.2, -0.15) is 0 Å². The third-order valence-electron chi connectivity index (χ3n) is 1.14. The van der Waals surface area contributed by atoms with Crippen LogP contribution in [0.15, 0.2) is 24.9 Å². The van der Waals surface area contributed by atoms with Crippen LogP contribution in [0, 0.1) is 6.07 Å². The van der Waals surface area contributed by atoms with Gasteiger partial charge in [-0.05, 0) is 6.07 Å². The van der Waals surface area contributed by atoms with E-state index in [1.165, 1.54) is 6.33 Å². The SMILES string of the molecule is [c]1cc2ncncn2c1. The van der Waals surface area contributed by atoms with Crippen molar-refractivity contribution in [2.75, 3.05) is 0 Å². The van der Waals surface area contributed by atoms with Gasteiger partial charge in [0.2, 0.25) is 0 Å². The van der Waals surface area contributed by atoms with Gasteiger partial charge in [0.05, 0.1) is 0 Å². The highest BCUT2D eigenvalue weighted by Gasteiger charge is 1.86. The zero-order valence-corrected chi connectivity index (χ0v) is 4.65. The zero-order chi connectivity index (χ0) is 6.10. The van der Waals surface area contributed by atoms with Gasteiger partial charge >= 0.3 is 0 Å². The first kappa shape index (κ1) is 4.49. The standard InChI is InChI=1S/C6H4N3/c1-2-6-8-4-7-5-9(6)3-1/h2-5H. The summed E-state index contributed by atoms with van der Waals surface area (Å²) in [6.07, 6.45) is 5.00. The smallest absolute Gasteiger partial charge is 0.140 e. The summed E-state index contributed by atoms with van der Waals surface area (Å²) < 4.78 is 1.81. The Kier molecular flexibility index (Phi) is 0.773. The van der Waals surface area contributed by atoms with E-state index in [1.807, 2.05) is 6.07 Å². The van der Waals surface area contributed by atoms with E-state index in [-0.39, 0.29) is 0 Å². The van der Waals surface area contributed by atoms with Gasteiger partial charge in [0.25, 0.3) is 0 Å². The second-order valence-corrected chi connectivity index (χ2v) is 1.71. The summed E-state index contributed by atoms with van der Waals surface area (Å²) >= 11 is 0. The number of nitrogens with zero attached hydrogens (tertiary/aromatic N) is 3. The number of hydrogen-bond donors (Lipinski definition) is 0. The van der Waals surface area contributed by atoms with E-state index in [4.69, 9.17) is 0 Å². The normalized spacial score (nSPS) is 10.2. The van der Waals surface area contributed by atoms with E-state index in [2.05, 4.69) is 16.0 Å². The monoisotopic (exact) mass is 118 g/mol. The van der Waals surface area contributed by atoms with E-state index in [0.29, 0.717) is 0 Å². The quantitative estimate of drug-likeness (QED) is 0.505. The first-order valence-electron chi connectivity index (χ1n) is 2.60. The Labute approximate surface area is 52.0 Å². The Morgan fingerprint density at radius 1 is 1.56 bits per heavy atom. The van der Waals surface area contributed by atoms with Crippen LogP contribution in [0.3, 0.4) is 0 Å². The molecule has 0 aliphatic rings. The molecule has 2 heterocycles. The first-order valence-corrected chi connectivity index (χ1v) is 2.60. The molecule has 2 rings (SSSR count). The molecule has 1 radical (unpaired) electrons. The third kappa shape index (κ3) is 0.579. The molecule has 0 saturated carbocycles. The van der Waals surface area contributed by atoms with Crippen LogP contribution in [0.2, 0.25) is 0 Å². The Morgan fingerprint density at radius 3 is 3.44 bits per heavy atom. The van der Waals surface area contributed by atoms with Crippen molar-refractivity contribution < 1.29 is 0 Å². The van der Waals surface area contributed by atoms with Gasteiger partial charge in [-0.25, -0.2) is 9.97 Å². The van der Waals surface area contributed by atoms with E-state index in [0.717, 1.165) is 5.65 Å². The highest BCUT2D eigenvalue weighted by atomic mass is 15.0. The molecule has 3 heteroatoms. The molecule has 0 amide bonds. The highest BCUT2D eigenvalue weighted by molar-refractivity contribution is 5.35. The lowest BCUT2D eigenvalue weighted by Crippen LogP contribution is -1.85.